The van der Waals surface area contributed by atoms with Crippen molar-refractivity contribution in [2.24, 2.45) is 0 Å². The second kappa shape index (κ2) is 9.91. The highest BCUT2D eigenvalue weighted by atomic mass is 16.5. The lowest BCUT2D eigenvalue weighted by atomic mass is 10.1. The molecule has 4 rings (SSSR count). The molecule has 2 unspecified atom stereocenters. The number of nitrogens with one attached hydrogen (secondary N) is 2. The molecule has 3 aromatic rings. The second-order valence-corrected chi connectivity index (χ2v) is 7.99. The zero-order valence-electron chi connectivity index (χ0n) is 18.9. The molecule has 182 valence electrons. The van der Waals surface area contributed by atoms with E-state index in [0.717, 1.165) is 0 Å². The van der Waals surface area contributed by atoms with Crippen LogP contribution in [0.2, 0.25) is 0 Å². The van der Waals surface area contributed by atoms with Crippen molar-refractivity contribution in [3.63, 3.8) is 0 Å². The van der Waals surface area contributed by atoms with Crippen molar-refractivity contribution in [1.29, 1.82) is 0 Å². The van der Waals surface area contributed by atoms with Gasteiger partial charge in [0.05, 0.1) is 6.61 Å². The zero-order valence-corrected chi connectivity index (χ0v) is 18.9. The van der Waals surface area contributed by atoms with Gasteiger partial charge in [0.1, 0.15) is 0 Å². The number of morpholine rings is 1. The molecule has 1 aliphatic rings. The van der Waals surface area contributed by atoms with E-state index < -0.39 is 29.8 Å². The molecule has 3 N–H and O–H groups in total. The number of hydrogen-bond donors (Lipinski definition) is 3. The van der Waals surface area contributed by atoms with Crippen molar-refractivity contribution in [3.05, 3.63) is 64.6 Å². The molecule has 0 saturated carbocycles. The lowest BCUT2D eigenvalue weighted by molar-refractivity contribution is -0.150. The normalized spacial score (nSPS) is 16.6. The molecule has 2 heterocycles. The zero-order chi connectivity index (χ0) is 25.1. The minimum Gasteiger partial charge on any atom is -0.380 e. The van der Waals surface area contributed by atoms with Crippen LogP contribution in [0.25, 0.3) is 11.4 Å². The number of aromatic amines is 1. The molecule has 0 spiro atoms. The smallest absolute Gasteiger partial charge is 0.380 e. The average molecular weight is 481 g/mol. The molecular weight excluding hydrogens is 458 g/mol. The molecule has 0 radical (unpaired) electrons. The Morgan fingerprint density at radius 3 is 2.60 bits per heavy atom. The molecule has 3 amide bonds. The highest BCUT2D eigenvalue weighted by Gasteiger charge is 2.39. The molecule has 0 bridgehead atoms. The van der Waals surface area contributed by atoms with Gasteiger partial charge in [-0.25, -0.2) is 4.79 Å². The fourth-order valence-corrected chi connectivity index (χ4v) is 3.57. The maximum Gasteiger partial charge on any atom is 0.439 e. The number of amides is 3. The van der Waals surface area contributed by atoms with Crippen molar-refractivity contribution < 1.29 is 28.8 Å². The van der Waals surface area contributed by atoms with E-state index in [1.807, 2.05) is 0 Å². The molecule has 1 aliphatic heterocycles. The standard InChI is InChI=1S/C23H23N5O7/c1-27(2)21(31)14-4-3-5-16(12-14)28-10-11-34-18(22(28)32)17(29)20(30)24-15-8-6-13(7-9-15)19-25-23(33)35-26-19/h3-9,12,17-18,29H,10-11H2,1-2H3,(H,24,30)(H,25,26,33). The summed E-state index contributed by atoms with van der Waals surface area (Å²) in [6.45, 7) is 0.298. The third-order valence-corrected chi connectivity index (χ3v) is 5.35. The molecule has 2 aromatic carbocycles. The van der Waals surface area contributed by atoms with Gasteiger partial charge in [0.15, 0.2) is 18.0 Å². The van der Waals surface area contributed by atoms with Crippen LogP contribution in [0.3, 0.4) is 0 Å². The van der Waals surface area contributed by atoms with E-state index in [9.17, 15) is 24.3 Å². The number of hydrogen-bond acceptors (Lipinski definition) is 8. The number of aromatic nitrogens is 2. The van der Waals surface area contributed by atoms with E-state index in [4.69, 9.17) is 4.74 Å². The molecule has 0 aliphatic carbocycles. The van der Waals surface area contributed by atoms with Gasteiger partial charge in [-0.15, -0.1) is 0 Å². The van der Waals surface area contributed by atoms with Crippen LogP contribution in [0.5, 0.6) is 0 Å². The first kappa shape index (κ1) is 23.9. The van der Waals surface area contributed by atoms with Crippen LogP contribution in [-0.4, -0.2) is 77.3 Å². The van der Waals surface area contributed by atoms with Crippen LogP contribution in [0.4, 0.5) is 11.4 Å². The molecular formula is C23H23N5O7. The third kappa shape index (κ3) is 5.13. The number of carbonyl (C=O) groups is 3. The van der Waals surface area contributed by atoms with Crippen molar-refractivity contribution >= 4 is 29.1 Å². The Hall–Kier alpha value is -4.29. The summed E-state index contributed by atoms with van der Waals surface area (Å²) in [4.78, 5) is 54.3. The van der Waals surface area contributed by atoms with Gasteiger partial charge < -0.3 is 25.0 Å². The molecule has 1 fully saturated rings. The Balaban J connectivity index is 1.44. The van der Waals surface area contributed by atoms with Gasteiger partial charge in [0.2, 0.25) is 0 Å². The van der Waals surface area contributed by atoms with Gasteiger partial charge in [-0.2, -0.15) is 0 Å². The van der Waals surface area contributed by atoms with Crippen molar-refractivity contribution in [3.8, 4) is 11.4 Å². The number of ether oxygens (including phenoxy) is 1. The Morgan fingerprint density at radius 1 is 1.20 bits per heavy atom. The lowest BCUT2D eigenvalue weighted by Crippen LogP contribution is -2.55. The Bertz CT molecular complexity index is 1300. The van der Waals surface area contributed by atoms with E-state index in [1.54, 1.807) is 50.5 Å². The summed E-state index contributed by atoms with van der Waals surface area (Å²) < 4.78 is 9.89. The number of carbonyl (C=O) groups excluding carboxylic acids is 3. The summed E-state index contributed by atoms with van der Waals surface area (Å²) >= 11 is 0. The Morgan fingerprint density at radius 2 is 1.94 bits per heavy atom. The summed E-state index contributed by atoms with van der Waals surface area (Å²) in [7, 11) is 3.26. The fourth-order valence-electron chi connectivity index (χ4n) is 3.57. The van der Waals surface area contributed by atoms with Crippen molar-refractivity contribution in [2.45, 2.75) is 12.2 Å². The number of aliphatic hydroxyl groups excluding tert-OH is 1. The quantitative estimate of drug-likeness (QED) is 0.458. The molecule has 1 saturated heterocycles. The van der Waals surface area contributed by atoms with Gasteiger partial charge in [-0.1, -0.05) is 11.2 Å². The van der Waals surface area contributed by atoms with Crippen LogP contribution >= 0.6 is 0 Å². The van der Waals surface area contributed by atoms with Gasteiger partial charge in [-0.3, -0.25) is 23.9 Å². The van der Waals surface area contributed by atoms with E-state index in [2.05, 4.69) is 20.0 Å². The predicted molar refractivity (Wildman–Crippen MR) is 124 cm³/mol. The van der Waals surface area contributed by atoms with E-state index in [1.165, 1.54) is 21.9 Å². The largest absolute Gasteiger partial charge is 0.439 e. The van der Waals surface area contributed by atoms with Crippen molar-refractivity contribution in [2.75, 3.05) is 37.5 Å². The summed E-state index contributed by atoms with van der Waals surface area (Å²) in [5, 5.41) is 16.7. The van der Waals surface area contributed by atoms with Crippen LogP contribution < -0.4 is 16.0 Å². The van der Waals surface area contributed by atoms with Crippen LogP contribution in [0, 0.1) is 0 Å². The van der Waals surface area contributed by atoms with Crippen LogP contribution in [-0.2, 0) is 14.3 Å². The van der Waals surface area contributed by atoms with Gasteiger partial charge in [0, 0.05) is 43.1 Å². The average Bonchev–Trinajstić information content (AvgIpc) is 3.30. The Labute approximate surface area is 199 Å². The first-order chi connectivity index (χ1) is 16.7. The summed E-state index contributed by atoms with van der Waals surface area (Å²) in [5.74, 6) is -2.11. The molecule has 12 heteroatoms. The third-order valence-electron chi connectivity index (χ3n) is 5.35. The summed E-state index contributed by atoms with van der Waals surface area (Å²) in [5.41, 5.74) is 1.76. The van der Waals surface area contributed by atoms with Crippen LogP contribution in [0.15, 0.2) is 57.8 Å². The topological polar surface area (TPSA) is 158 Å². The molecule has 35 heavy (non-hydrogen) atoms. The number of H-pyrrole nitrogens is 1. The summed E-state index contributed by atoms with van der Waals surface area (Å²) in [6, 6.07) is 12.8. The first-order valence-corrected chi connectivity index (χ1v) is 10.6. The monoisotopic (exact) mass is 481 g/mol. The van der Waals surface area contributed by atoms with Crippen molar-refractivity contribution in [1.82, 2.24) is 15.0 Å². The minimum absolute atomic E-state index is 0.0944. The minimum atomic E-state index is -1.77. The lowest BCUT2D eigenvalue weighted by Gasteiger charge is -2.34. The van der Waals surface area contributed by atoms with E-state index >= 15 is 0 Å². The second-order valence-electron chi connectivity index (χ2n) is 7.99. The maximum atomic E-state index is 13.1. The van der Waals surface area contributed by atoms with Gasteiger partial charge in [0.25, 0.3) is 17.7 Å². The summed E-state index contributed by atoms with van der Waals surface area (Å²) in [6.07, 6.45) is -3.19. The SMILES string of the molecule is CN(C)C(=O)c1cccc(N2CCOC(C(O)C(=O)Nc3ccc(-c4noc(=O)[nH]4)cc3)C2=O)c1. The number of anilines is 2. The molecule has 1 aromatic heterocycles. The number of nitrogens with zero attached hydrogens (tertiary/aromatic N) is 3. The number of aliphatic hydroxyl groups is 1. The fraction of sp³-hybridized carbons (Fsp3) is 0.261. The van der Waals surface area contributed by atoms with Gasteiger partial charge >= 0.3 is 5.76 Å². The maximum absolute atomic E-state index is 13.1. The van der Waals surface area contributed by atoms with E-state index in [0.29, 0.717) is 22.5 Å². The number of rotatable bonds is 6. The van der Waals surface area contributed by atoms with Gasteiger partial charge in [-0.05, 0) is 42.5 Å². The highest BCUT2D eigenvalue weighted by molar-refractivity contribution is 6.04. The predicted octanol–water partition coefficient (Wildman–Crippen LogP) is 0.463. The highest BCUT2D eigenvalue weighted by Crippen LogP contribution is 2.23. The van der Waals surface area contributed by atoms with Crippen LogP contribution in [0.1, 0.15) is 10.4 Å². The Kier molecular flexibility index (Phi) is 6.75. The molecule has 12 nitrogen and oxygen atoms in total. The van der Waals surface area contributed by atoms with E-state index in [-0.39, 0.29) is 24.9 Å². The molecule has 2 atom stereocenters. The first-order valence-electron chi connectivity index (χ1n) is 10.6. The number of benzene rings is 2.